The summed E-state index contributed by atoms with van der Waals surface area (Å²) in [6.07, 6.45) is 2.48. The molecule has 1 unspecified atom stereocenters. The molecule has 1 rings (SSSR count). The number of nitrogens with zero attached hydrogens (tertiary/aromatic N) is 1. The van der Waals surface area contributed by atoms with E-state index in [4.69, 9.17) is 0 Å². The highest BCUT2D eigenvalue weighted by Crippen LogP contribution is 2.43. The average molecular weight is 397 g/mol. The van der Waals surface area contributed by atoms with Crippen LogP contribution < -0.4 is 5.32 Å². The first kappa shape index (κ1) is 23.4. The van der Waals surface area contributed by atoms with E-state index in [2.05, 4.69) is 71.1 Å². The van der Waals surface area contributed by atoms with Crippen molar-refractivity contribution in [1.29, 1.82) is 0 Å². The summed E-state index contributed by atoms with van der Waals surface area (Å²) in [5.41, 5.74) is 2.06. The Hall–Kier alpha value is -0.650. The lowest BCUT2D eigenvalue weighted by Gasteiger charge is -2.37. The fourth-order valence-electron chi connectivity index (χ4n) is 2.91. The predicted molar refractivity (Wildman–Crippen MR) is 119 cm³/mol. The number of hydrogen-bond acceptors (Lipinski definition) is 4. The predicted octanol–water partition coefficient (Wildman–Crippen LogP) is 4.93. The van der Waals surface area contributed by atoms with E-state index in [-0.39, 0.29) is 16.2 Å². The molecule has 0 bridgehead atoms. The van der Waals surface area contributed by atoms with Crippen molar-refractivity contribution in [1.82, 2.24) is 10.2 Å². The van der Waals surface area contributed by atoms with Gasteiger partial charge in [-0.25, -0.2) is 0 Å². The highest BCUT2D eigenvalue weighted by Gasteiger charge is 2.33. The van der Waals surface area contributed by atoms with E-state index >= 15 is 0 Å². The molecule has 1 aromatic rings. The van der Waals surface area contributed by atoms with Crippen molar-refractivity contribution in [2.45, 2.75) is 64.2 Å². The largest absolute Gasteiger partial charge is 0.351 e. The molecule has 148 valence electrons. The van der Waals surface area contributed by atoms with E-state index in [0.29, 0.717) is 6.42 Å². The Kier molecular flexibility index (Phi) is 9.56. The van der Waals surface area contributed by atoms with Gasteiger partial charge in [0.1, 0.15) is 0 Å². The minimum atomic E-state index is -0.221. The van der Waals surface area contributed by atoms with Crippen LogP contribution in [0.5, 0.6) is 0 Å². The molecule has 0 heterocycles. The Bertz CT molecular complexity index is 558. The summed E-state index contributed by atoms with van der Waals surface area (Å²) >= 11 is 0. The maximum absolute atomic E-state index is 12.5. The van der Waals surface area contributed by atoms with Crippen LogP contribution in [-0.2, 0) is 11.2 Å². The fourth-order valence-corrected chi connectivity index (χ4v) is 6.11. The molecule has 1 atom stereocenters. The molecule has 0 spiro atoms. The van der Waals surface area contributed by atoms with Gasteiger partial charge in [0.05, 0.1) is 6.42 Å². The van der Waals surface area contributed by atoms with Crippen molar-refractivity contribution in [2.75, 3.05) is 26.4 Å². The third kappa shape index (κ3) is 9.33. The van der Waals surface area contributed by atoms with Gasteiger partial charge in [0.25, 0.3) is 0 Å². The molecule has 0 radical (unpaired) electrons. The van der Waals surface area contributed by atoms with Gasteiger partial charge >= 0.3 is 0 Å². The zero-order valence-corrected chi connectivity index (χ0v) is 19.1. The highest BCUT2D eigenvalue weighted by atomic mass is 33.1. The number of hydrogen-bond donors (Lipinski definition) is 1. The first-order valence-corrected chi connectivity index (χ1v) is 11.7. The molecular weight excluding hydrogens is 360 g/mol. The molecule has 26 heavy (non-hydrogen) atoms. The zero-order chi connectivity index (χ0) is 19.8. The molecule has 0 aliphatic heterocycles. The third-order valence-corrected chi connectivity index (χ3v) is 7.77. The Morgan fingerprint density at radius 2 is 1.77 bits per heavy atom. The Morgan fingerprint density at radius 3 is 2.31 bits per heavy atom. The van der Waals surface area contributed by atoms with Gasteiger partial charge in [0, 0.05) is 22.6 Å². The topological polar surface area (TPSA) is 32.3 Å². The van der Waals surface area contributed by atoms with E-state index in [9.17, 15) is 4.79 Å². The monoisotopic (exact) mass is 396 g/mol. The molecule has 1 aromatic carbocycles. The standard InChI is InChI=1S/C21H36N2OS2/c1-8-21(5,26-25-14-13-23(6)7)16-20(3,4)22-19(24)15-18-11-9-17(2)10-12-18/h9-12H,8,13-16H2,1-7H3,(H,22,24). The molecule has 0 aliphatic carbocycles. The minimum absolute atomic E-state index is 0.0996. The van der Waals surface area contributed by atoms with Gasteiger partial charge in [-0.05, 0) is 60.2 Å². The Labute approximate surface area is 168 Å². The average Bonchev–Trinajstić information content (AvgIpc) is 2.52. The third-order valence-electron chi connectivity index (χ3n) is 4.41. The van der Waals surface area contributed by atoms with Crippen LogP contribution in [0.2, 0.25) is 0 Å². The fraction of sp³-hybridized carbons (Fsp3) is 0.667. The van der Waals surface area contributed by atoms with Crippen LogP contribution in [0, 0.1) is 6.92 Å². The van der Waals surface area contributed by atoms with Gasteiger partial charge < -0.3 is 10.2 Å². The number of benzene rings is 1. The van der Waals surface area contributed by atoms with Gasteiger partial charge in [-0.3, -0.25) is 4.79 Å². The second kappa shape index (κ2) is 10.6. The van der Waals surface area contributed by atoms with E-state index in [0.717, 1.165) is 30.7 Å². The molecule has 0 aromatic heterocycles. The van der Waals surface area contributed by atoms with Crippen LogP contribution in [-0.4, -0.2) is 47.5 Å². The number of nitrogens with one attached hydrogen (secondary N) is 1. The zero-order valence-electron chi connectivity index (χ0n) is 17.5. The summed E-state index contributed by atoms with van der Waals surface area (Å²) in [6.45, 7) is 12.0. The molecule has 3 nitrogen and oxygen atoms in total. The highest BCUT2D eigenvalue weighted by molar-refractivity contribution is 8.77. The summed E-state index contributed by atoms with van der Waals surface area (Å²) in [5, 5.41) is 3.25. The van der Waals surface area contributed by atoms with E-state index in [1.165, 1.54) is 5.56 Å². The number of carbonyl (C=O) groups excluding carboxylic acids is 1. The van der Waals surface area contributed by atoms with E-state index in [1.807, 2.05) is 33.7 Å². The molecule has 0 aliphatic rings. The SMILES string of the molecule is CCC(C)(CC(C)(C)NC(=O)Cc1ccc(C)cc1)SSCCN(C)C. The van der Waals surface area contributed by atoms with Gasteiger partial charge in [0.15, 0.2) is 0 Å². The van der Waals surface area contributed by atoms with Crippen LogP contribution in [0.15, 0.2) is 24.3 Å². The Balaban J connectivity index is 2.55. The summed E-state index contributed by atoms with van der Waals surface area (Å²) < 4.78 is 0.150. The van der Waals surface area contributed by atoms with Crippen molar-refractivity contribution in [3.05, 3.63) is 35.4 Å². The molecular formula is C21H36N2OS2. The normalized spacial score (nSPS) is 14.3. The lowest BCUT2D eigenvalue weighted by molar-refractivity contribution is -0.122. The maximum Gasteiger partial charge on any atom is 0.224 e. The summed E-state index contributed by atoms with van der Waals surface area (Å²) in [6, 6.07) is 8.19. The smallest absolute Gasteiger partial charge is 0.224 e. The molecule has 0 saturated carbocycles. The summed E-state index contributed by atoms with van der Waals surface area (Å²) in [7, 11) is 8.12. The number of rotatable bonds is 11. The van der Waals surface area contributed by atoms with E-state index in [1.54, 1.807) is 0 Å². The van der Waals surface area contributed by atoms with Crippen molar-refractivity contribution in [3.63, 3.8) is 0 Å². The molecule has 5 heteroatoms. The lowest BCUT2D eigenvalue weighted by Crippen LogP contribution is -2.48. The van der Waals surface area contributed by atoms with Crippen LogP contribution in [0.3, 0.4) is 0 Å². The van der Waals surface area contributed by atoms with Gasteiger partial charge in [-0.1, -0.05) is 58.3 Å². The lowest BCUT2D eigenvalue weighted by atomic mass is 9.89. The molecule has 1 N–H and O–H groups in total. The van der Waals surface area contributed by atoms with Crippen LogP contribution in [0.4, 0.5) is 0 Å². The number of aryl methyl sites for hydroxylation is 1. The molecule has 0 saturated heterocycles. The van der Waals surface area contributed by atoms with Crippen molar-refractivity contribution in [2.24, 2.45) is 0 Å². The first-order valence-electron chi connectivity index (χ1n) is 9.37. The van der Waals surface area contributed by atoms with Crippen molar-refractivity contribution < 1.29 is 4.79 Å². The minimum Gasteiger partial charge on any atom is -0.351 e. The van der Waals surface area contributed by atoms with Crippen LogP contribution in [0.25, 0.3) is 0 Å². The molecule has 1 amide bonds. The van der Waals surface area contributed by atoms with Crippen LogP contribution >= 0.6 is 21.6 Å². The van der Waals surface area contributed by atoms with Crippen molar-refractivity contribution in [3.8, 4) is 0 Å². The van der Waals surface area contributed by atoms with E-state index < -0.39 is 0 Å². The second-order valence-electron chi connectivity index (χ2n) is 8.28. The maximum atomic E-state index is 12.5. The van der Waals surface area contributed by atoms with Gasteiger partial charge in [-0.15, -0.1) is 0 Å². The van der Waals surface area contributed by atoms with Gasteiger partial charge in [0.2, 0.25) is 5.91 Å². The quantitative estimate of drug-likeness (QED) is 0.424. The van der Waals surface area contributed by atoms with Crippen molar-refractivity contribution >= 4 is 27.5 Å². The first-order chi connectivity index (χ1) is 12.1. The van der Waals surface area contributed by atoms with Gasteiger partial charge in [-0.2, -0.15) is 0 Å². The van der Waals surface area contributed by atoms with Crippen LogP contribution in [0.1, 0.15) is 51.7 Å². The Morgan fingerprint density at radius 1 is 1.15 bits per heavy atom. The number of carbonyl (C=O) groups is 1. The molecule has 0 fully saturated rings. The summed E-state index contributed by atoms with van der Waals surface area (Å²) in [5.74, 6) is 1.22. The number of amides is 1. The summed E-state index contributed by atoms with van der Waals surface area (Å²) in [4.78, 5) is 14.7. The second-order valence-corrected chi connectivity index (χ2v) is 11.3.